The second-order valence-electron chi connectivity index (χ2n) is 4.74. The predicted octanol–water partition coefficient (Wildman–Crippen LogP) is 1.26. The van der Waals surface area contributed by atoms with E-state index in [1.165, 1.54) is 11.0 Å². The van der Waals surface area contributed by atoms with Crippen LogP contribution in [0.4, 0.5) is 11.5 Å². The van der Waals surface area contributed by atoms with E-state index in [0.29, 0.717) is 25.3 Å². The van der Waals surface area contributed by atoms with Gasteiger partial charge in [-0.25, -0.2) is 4.98 Å². The van der Waals surface area contributed by atoms with Crippen LogP contribution in [0.15, 0.2) is 12.3 Å². The summed E-state index contributed by atoms with van der Waals surface area (Å²) in [6, 6.07) is 1.38. The Labute approximate surface area is 122 Å². The summed E-state index contributed by atoms with van der Waals surface area (Å²) < 4.78 is 0. The Kier molecular flexibility index (Phi) is 6.04. The van der Waals surface area contributed by atoms with Crippen LogP contribution in [0, 0.1) is 10.1 Å². The van der Waals surface area contributed by atoms with Crippen molar-refractivity contribution < 1.29 is 14.8 Å². The van der Waals surface area contributed by atoms with E-state index in [0.717, 1.165) is 6.20 Å². The zero-order valence-electron chi connectivity index (χ0n) is 12.4. The Balaban J connectivity index is 3.04. The molecule has 1 aromatic rings. The van der Waals surface area contributed by atoms with Crippen molar-refractivity contribution in [2.45, 2.75) is 26.4 Å². The van der Waals surface area contributed by atoms with Gasteiger partial charge >= 0.3 is 0 Å². The van der Waals surface area contributed by atoms with Crippen molar-refractivity contribution in [1.29, 1.82) is 0 Å². The molecule has 1 amide bonds. The third kappa shape index (κ3) is 4.67. The van der Waals surface area contributed by atoms with Gasteiger partial charge in [-0.05, 0) is 20.3 Å². The molecule has 1 aromatic heterocycles. The number of nitro groups is 1. The molecule has 0 aromatic carbocycles. The second-order valence-corrected chi connectivity index (χ2v) is 4.74. The van der Waals surface area contributed by atoms with E-state index in [2.05, 4.69) is 10.3 Å². The van der Waals surface area contributed by atoms with E-state index in [1.54, 1.807) is 14.0 Å². The zero-order chi connectivity index (χ0) is 16.0. The van der Waals surface area contributed by atoms with Crippen molar-refractivity contribution in [3.05, 3.63) is 27.9 Å². The van der Waals surface area contributed by atoms with Gasteiger partial charge in [-0.3, -0.25) is 14.9 Å². The van der Waals surface area contributed by atoms with Gasteiger partial charge in [-0.1, -0.05) is 0 Å². The molecule has 1 rings (SSSR count). The van der Waals surface area contributed by atoms with Crippen LogP contribution in [0.1, 0.15) is 30.6 Å². The van der Waals surface area contributed by atoms with Crippen LogP contribution in [0.3, 0.4) is 0 Å². The van der Waals surface area contributed by atoms with E-state index >= 15 is 0 Å². The quantitative estimate of drug-likeness (QED) is 0.579. The SMILES string of the molecule is CCNc1cc(C(=O)N(C)CCC(C)O)c([N+](=O)[O-])cn1. The molecule has 0 aliphatic carbocycles. The van der Waals surface area contributed by atoms with Crippen LogP contribution in [-0.2, 0) is 0 Å². The highest BCUT2D eigenvalue weighted by Crippen LogP contribution is 2.21. The Morgan fingerprint density at radius 3 is 2.81 bits per heavy atom. The minimum Gasteiger partial charge on any atom is -0.393 e. The molecule has 0 radical (unpaired) electrons. The molecule has 0 spiro atoms. The summed E-state index contributed by atoms with van der Waals surface area (Å²) >= 11 is 0. The maximum absolute atomic E-state index is 12.3. The predicted molar refractivity (Wildman–Crippen MR) is 78.3 cm³/mol. The number of nitrogens with one attached hydrogen (secondary N) is 1. The van der Waals surface area contributed by atoms with Crippen molar-refractivity contribution in [3.8, 4) is 0 Å². The normalized spacial score (nSPS) is 11.8. The van der Waals surface area contributed by atoms with Gasteiger partial charge in [0.25, 0.3) is 11.6 Å². The lowest BCUT2D eigenvalue weighted by Gasteiger charge is -2.18. The summed E-state index contributed by atoms with van der Waals surface area (Å²) in [4.78, 5) is 28.0. The maximum atomic E-state index is 12.3. The molecule has 8 nitrogen and oxygen atoms in total. The standard InChI is InChI=1S/C13H20N4O4/c1-4-14-12-7-10(11(8-15-12)17(20)21)13(19)16(3)6-5-9(2)18/h7-9,18H,4-6H2,1-3H3,(H,14,15). The van der Waals surface area contributed by atoms with Crippen molar-refractivity contribution >= 4 is 17.4 Å². The zero-order valence-corrected chi connectivity index (χ0v) is 12.4. The van der Waals surface area contributed by atoms with Crippen molar-refractivity contribution in [2.24, 2.45) is 0 Å². The summed E-state index contributed by atoms with van der Waals surface area (Å²) in [5.41, 5.74) is -0.343. The Morgan fingerprint density at radius 1 is 1.62 bits per heavy atom. The topological polar surface area (TPSA) is 109 Å². The van der Waals surface area contributed by atoms with Gasteiger partial charge in [0.05, 0.1) is 11.0 Å². The monoisotopic (exact) mass is 296 g/mol. The number of hydrogen-bond donors (Lipinski definition) is 2. The molecule has 1 unspecified atom stereocenters. The van der Waals surface area contributed by atoms with E-state index in [4.69, 9.17) is 0 Å². The molecule has 2 N–H and O–H groups in total. The molecule has 8 heteroatoms. The first-order valence-corrected chi connectivity index (χ1v) is 6.68. The molecule has 0 aliphatic heterocycles. The van der Waals surface area contributed by atoms with Gasteiger partial charge in [0.2, 0.25) is 0 Å². The van der Waals surface area contributed by atoms with Crippen LogP contribution in [0.2, 0.25) is 0 Å². The maximum Gasteiger partial charge on any atom is 0.300 e. The number of amides is 1. The fourth-order valence-electron chi connectivity index (χ4n) is 1.73. The molecule has 0 fully saturated rings. The second kappa shape index (κ2) is 7.53. The van der Waals surface area contributed by atoms with Crippen LogP contribution in [0.25, 0.3) is 0 Å². The van der Waals surface area contributed by atoms with Gasteiger partial charge in [-0.15, -0.1) is 0 Å². The number of aromatic nitrogens is 1. The van der Waals surface area contributed by atoms with E-state index in [1.807, 2.05) is 6.92 Å². The van der Waals surface area contributed by atoms with Gasteiger partial charge in [0.15, 0.2) is 0 Å². The van der Waals surface area contributed by atoms with Crippen molar-refractivity contribution in [1.82, 2.24) is 9.88 Å². The fraction of sp³-hybridized carbons (Fsp3) is 0.538. The Morgan fingerprint density at radius 2 is 2.29 bits per heavy atom. The Bertz CT molecular complexity index is 519. The molecule has 21 heavy (non-hydrogen) atoms. The first-order chi connectivity index (χ1) is 9.86. The van der Waals surface area contributed by atoms with Crippen molar-refractivity contribution in [2.75, 3.05) is 25.5 Å². The number of rotatable bonds is 7. The third-order valence-electron chi connectivity index (χ3n) is 2.90. The number of hydrogen-bond acceptors (Lipinski definition) is 6. The number of carbonyl (C=O) groups is 1. The largest absolute Gasteiger partial charge is 0.393 e. The molecule has 116 valence electrons. The number of aliphatic hydroxyl groups excluding tert-OH is 1. The number of nitrogens with zero attached hydrogens (tertiary/aromatic N) is 3. The molecule has 0 aliphatic rings. The van der Waals surface area contributed by atoms with Gasteiger partial charge < -0.3 is 15.3 Å². The third-order valence-corrected chi connectivity index (χ3v) is 2.90. The highest BCUT2D eigenvalue weighted by atomic mass is 16.6. The highest BCUT2D eigenvalue weighted by molar-refractivity contribution is 5.98. The lowest BCUT2D eigenvalue weighted by molar-refractivity contribution is -0.385. The molecule has 0 saturated heterocycles. The van der Waals surface area contributed by atoms with Crippen LogP contribution < -0.4 is 5.32 Å². The molecular weight excluding hydrogens is 276 g/mol. The average molecular weight is 296 g/mol. The number of carbonyl (C=O) groups excluding carboxylic acids is 1. The first-order valence-electron chi connectivity index (χ1n) is 6.68. The summed E-state index contributed by atoms with van der Waals surface area (Å²) in [5.74, 6) is -0.0562. The average Bonchev–Trinajstić information content (AvgIpc) is 2.43. The van der Waals surface area contributed by atoms with E-state index < -0.39 is 16.9 Å². The summed E-state index contributed by atoms with van der Waals surface area (Å²) in [7, 11) is 1.54. The smallest absolute Gasteiger partial charge is 0.300 e. The van der Waals surface area contributed by atoms with Gasteiger partial charge in [-0.2, -0.15) is 0 Å². The number of pyridine rings is 1. The van der Waals surface area contributed by atoms with Gasteiger partial charge in [0.1, 0.15) is 17.6 Å². The van der Waals surface area contributed by atoms with Gasteiger partial charge in [0, 0.05) is 26.2 Å². The lowest BCUT2D eigenvalue weighted by Crippen LogP contribution is -2.30. The van der Waals surface area contributed by atoms with E-state index in [-0.39, 0.29) is 11.3 Å². The minimum atomic E-state index is -0.627. The minimum absolute atomic E-state index is 0.0148. The number of anilines is 1. The molecule has 1 atom stereocenters. The highest BCUT2D eigenvalue weighted by Gasteiger charge is 2.24. The lowest BCUT2D eigenvalue weighted by atomic mass is 10.2. The molecule has 0 bridgehead atoms. The van der Waals surface area contributed by atoms with Crippen molar-refractivity contribution in [3.63, 3.8) is 0 Å². The van der Waals surface area contributed by atoms with E-state index in [9.17, 15) is 20.0 Å². The van der Waals surface area contributed by atoms with Crippen LogP contribution in [-0.4, -0.2) is 52.1 Å². The molecular formula is C13H20N4O4. The first kappa shape index (κ1) is 16.8. The molecule has 1 heterocycles. The summed E-state index contributed by atoms with van der Waals surface area (Å²) in [5, 5.41) is 23.2. The summed E-state index contributed by atoms with van der Waals surface area (Å²) in [6.07, 6.45) is 0.944. The summed E-state index contributed by atoms with van der Waals surface area (Å²) in [6.45, 7) is 4.39. The number of aliphatic hydroxyl groups is 1. The van der Waals surface area contributed by atoms with Crippen LogP contribution in [0.5, 0.6) is 0 Å². The van der Waals surface area contributed by atoms with Crippen LogP contribution >= 0.6 is 0 Å². The fourth-order valence-corrected chi connectivity index (χ4v) is 1.73. The Hall–Kier alpha value is -2.22. The molecule has 0 saturated carbocycles.